The van der Waals surface area contributed by atoms with E-state index >= 15 is 0 Å². The number of hydrogen-bond donors (Lipinski definition) is 2. The molecule has 1 heterocycles. The summed E-state index contributed by atoms with van der Waals surface area (Å²) in [5.74, 6) is 0. The number of halogens is 1. The third kappa shape index (κ3) is 4.49. The molecule has 0 saturated carbocycles. The molecule has 118 valence electrons. The average molecular weight is 367 g/mol. The number of rotatable bonds is 3. The molecule has 0 aliphatic heterocycles. The van der Waals surface area contributed by atoms with E-state index in [1.54, 1.807) is 4.68 Å². The minimum Gasteiger partial charge on any atom is -0.443 e. The van der Waals surface area contributed by atoms with Gasteiger partial charge in [-0.3, -0.25) is 10.1 Å². The second kappa shape index (κ2) is 6.39. The number of hydrogen-bond acceptors (Lipinski definition) is 4. The molecule has 0 radical (unpaired) electrons. The Morgan fingerprint density at radius 2 is 2.09 bits per heavy atom. The van der Waals surface area contributed by atoms with E-state index in [0.717, 1.165) is 21.4 Å². The van der Waals surface area contributed by atoms with Crippen molar-refractivity contribution in [3.05, 3.63) is 34.9 Å². The topological polar surface area (TPSA) is 68.2 Å². The van der Waals surface area contributed by atoms with Crippen molar-refractivity contribution in [2.24, 2.45) is 7.05 Å². The molecule has 0 unspecified atom stereocenters. The quantitative estimate of drug-likeness (QED) is 0.812. The molecule has 0 saturated heterocycles. The molecule has 6 nitrogen and oxygen atoms in total. The molecule has 0 aliphatic carbocycles. The van der Waals surface area contributed by atoms with Crippen molar-refractivity contribution < 1.29 is 9.53 Å². The maximum atomic E-state index is 11.6. The Bertz CT molecular complexity index is 676. The predicted octanol–water partition coefficient (Wildman–Crippen LogP) is 3.70. The van der Waals surface area contributed by atoms with E-state index in [4.69, 9.17) is 4.74 Å². The van der Waals surface area contributed by atoms with Crippen LogP contribution in [0.5, 0.6) is 0 Å². The second-order valence-electron chi connectivity index (χ2n) is 5.83. The lowest BCUT2D eigenvalue weighted by molar-refractivity contribution is 0.0541. The van der Waals surface area contributed by atoms with E-state index in [0.29, 0.717) is 0 Å². The van der Waals surface area contributed by atoms with E-state index in [-0.39, 0.29) is 0 Å². The third-order valence-electron chi connectivity index (χ3n) is 2.63. The van der Waals surface area contributed by atoms with Crippen LogP contribution in [-0.2, 0) is 11.8 Å². The summed E-state index contributed by atoms with van der Waals surface area (Å²) < 4.78 is 7.81. The van der Waals surface area contributed by atoms with E-state index in [1.165, 1.54) is 0 Å². The molecule has 0 aliphatic rings. The number of hydrazine groups is 1. The Morgan fingerprint density at radius 3 is 2.68 bits per heavy atom. The van der Waals surface area contributed by atoms with E-state index < -0.39 is 11.7 Å². The van der Waals surface area contributed by atoms with Gasteiger partial charge >= 0.3 is 6.09 Å². The standard InChI is InChI=1S/C15H19BrN4O2/c1-15(2,3)22-14(21)18-17-11-7-5-6-10(8-11)13-12(16)9-20(4)19-13/h5-9,17H,1-4H3,(H,18,21). The van der Waals surface area contributed by atoms with E-state index in [9.17, 15) is 4.79 Å². The molecule has 1 aromatic heterocycles. The maximum Gasteiger partial charge on any atom is 0.426 e. The van der Waals surface area contributed by atoms with Crippen LogP contribution < -0.4 is 10.9 Å². The number of nitrogens with zero attached hydrogens (tertiary/aromatic N) is 2. The first kappa shape index (κ1) is 16.4. The van der Waals surface area contributed by atoms with E-state index in [2.05, 4.69) is 31.9 Å². The number of aryl methyl sites for hydroxylation is 1. The summed E-state index contributed by atoms with van der Waals surface area (Å²) in [7, 11) is 1.86. The Labute approximate surface area is 137 Å². The second-order valence-corrected chi connectivity index (χ2v) is 6.69. The van der Waals surface area contributed by atoms with Crippen LogP contribution in [0.2, 0.25) is 0 Å². The number of amides is 1. The van der Waals surface area contributed by atoms with Crippen LogP contribution in [0.4, 0.5) is 10.5 Å². The highest BCUT2D eigenvalue weighted by atomic mass is 79.9. The Morgan fingerprint density at radius 1 is 1.36 bits per heavy atom. The summed E-state index contributed by atoms with van der Waals surface area (Å²) in [6.07, 6.45) is 1.35. The number of benzene rings is 1. The summed E-state index contributed by atoms with van der Waals surface area (Å²) in [5.41, 5.74) is 7.31. The molecular formula is C15H19BrN4O2. The lowest BCUT2D eigenvalue weighted by atomic mass is 10.1. The van der Waals surface area contributed by atoms with Crippen molar-refractivity contribution in [2.75, 3.05) is 5.43 Å². The fourth-order valence-corrected chi connectivity index (χ4v) is 2.43. The SMILES string of the molecule is Cn1cc(Br)c(-c2cccc(NNC(=O)OC(C)(C)C)c2)n1. The highest BCUT2D eigenvalue weighted by molar-refractivity contribution is 9.10. The Balaban J connectivity index is 2.06. The first-order valence-electron chi connectivity index (χ1n) is 6.79. The van der Waals surface area contributed by atoms with Crippen LogP contribution in [0.3, 0.4) is 0 Å². The fraction of sp³-hybridized carbons (Fsp3) is 0.333. The molecule has 1 aromatic carbocycles. The average Bonchev–Trinajstić information content (AvgIpc) is 2.74. The van der Waals surface area contributed by atoms with Gasteiger partial charge in [0.15, 0.2) is 0 Å². The molecule has 0 atom stereocenters. The van der Waals surface area contributed by atoms with Gasteiger partial charge in [0.25, 0.3) is 0 Å². The minimum absolute atomic E-state index is 0.531. The number of carbonyl (C=O) groups is 1. The highest BCUT2D eigenvalue weighted by Gasteiger charge is 2.15. The largest absolute Gasteiger partial charge is 0.443 e. The summed E-state index contributed by atoms with van der Waals surface area (Å²) >= 11 is 3.48. The van der Waals surface area contributed by atoms with Gasteiger partial charge in [-0.2, -0.15) is 5.10 Å². The summed E-state index contributed by atoms with van der Waals surface area (Å²) in [5, 5.41) is 4.40. The van der Waals surface area contributed by atoms with Crippen LogP contribution >= 0.6 is 15.9 Å². The van der Waals surface area contributed by atoms with Gasteiger partial charge in [0, 0.05) is 18.8 Å². The smallest absolute Gasteiger partial charge is 0.426 e. The van der Waals surface area contributed by atoms with Gasteiger partial charge in [0.1, 0.15) is 11.3 Å². The zero-order chi connectivity index (χ0) is 16.3. The fourth-order valence-electron chi connectivity index (χ4n) is 1.83. The molecule has 1 amide bonds. The van der Waals surface area contributed by atoms with Crippen LogP contribution in [0.1, 0.15) is 20.8 Å². The van der Waals surface area contributed by atoms with E-state index in [1.807, 2.05) is 58.3 Å². The highest BCUT2D eigenvalue weighted by Crippen LogP contribution is 2.27. The molecule has 7 heteroatoms. The van der Waals surface area contributed by atoms with Gasteiger partial charge in [0.05, 0.1) is 10.2 Å². The number of aromatic nitrogens is 2. The monoisotopic (exact) mass is 366 g/mol. The Hall–Kier alpha value is -2.02. The first-order chi connectivity index (χ1) is 10.2. The number of nitrogens with one attached hydrogen (secondary N) is 2. The van der Waals surface area contributed by atoms with Crippen LogP contribution in [0, 0.1) is 0 Å². The van der Waals surface area contributed by atoms with Crippen molar-refractivity contribution in [3.63, 3.8) is 0 Å². The van der Waals surface area contributed by atoms with Crippen molar-refractivity contribution in [1.29, 1.82) is 0 Å². The zero-order valence-electron chi connectivity index (χ0n) is 13.0. The van der Waals surface area contributed by atoms with Crippen LogP contribution in [0.25, 0.3) is 11.3 Å². The van der Waals surface area contributed by atoms with Crippen molar-refractivity contribution >= 4 is 27.7 Å². The van der Waals surface area contributed by atoms with Crippen LogP contribution in [0.15, 0.2) is 34.9 Å². The minimum atomic E-state index is -0.535. The number of carbonyl (C=O) groups excluding carboxylic acids is 1. The first-order valence-corrected chi connectivity index (χ1v) is 7.58. The Kier molecular flexibility index (Phi) is 4.75. The van der Waals surface area contributed by atoms with Crippen molar-refractivity contribution in [3.8, 4) is 11.3 Å². The normalized spacial score (nSPS) is 11.1. The van der Waals surface area contributed by atoms with Gasteiger partial charge in [-0.1, -0.05) is 12.1 Å². The number of anilines is 1. The maximum absolute atomic E-state index is 11.6. The van der Waals surface area contributed by atoms with Crippen LogP contribution in [-0.4, -0.2) is 21.5 Å². The molecule has 22 heavy (non-hydrogen) atoms. The van der Waals surface area contributed by atoms with Gasteiger partial charge in [0.2, 0.25) is 0 Å². The molecule has 0 spiro atoms. The third-order valence-corrected chi connectivity index (χ3v) is 3.21. The van der Waals surface area contributed by atoms with Crippen molar-refractivity contribution in [1.82, 2.24) is 15.2 Å². The molecule has 0 fully saturated rings. The molecular weight excluding hydrogens is 348 g/mol. The summed E-state index contributed by atoms with van der Waals surface area (Å²) in [4.78, 5) is 11.6. The number of ether oxygens (including phenoxy) is 1. The lowest BCUT2D eigenvalue weighted by Crippen LogP contribution is -2.35. The van der Waals surface area contributed by atoms with Gasteiger partial charge in [-0.05, 0) is 48.8 Å². The zero-order valence-corrected chi connectivity index (χ0v) is 14.6. The predicted molar refractivity (Wildman–Crippen MR) is 89.3 cm³/mol. The molecule has 0 bridgehead atoms. The molecule has 2 N–H and O–H groups in total. The summed E-state index contributed by atoms with van der Waals surface area (Å²) in [6, 6.07) is 7.57. The molecule has 2 rings (SSSR count). The van der Waals surface area contributed by atoms with Gasteiger partial charge < -0.3 is 4.74 Å². The van der Waals surface area contributed by atoms with Gasteiger partial charge in [-0.25, -0.2) is 10.2 Å². The summed E-state index contributed by atoms with van der Waals surface area (Å²) in [6.45, 7) is 5.43. The van der Waals surface area contributed by atoms with Gasteiger partial charge in [-0.15, -0.1) is 0 Å². The van der Waals surface area contributed by atoms with Crippen molar-refractivity contribution in [2.45, 2.75) is 26.4 Å². The lowest BCUT2D eigenvalue weighted by Gasteiger charge is -2.20. The molecule has 2 aromatic rings.